The Balaban J connectivity index is 1.46. The number of hydrogen-bond donors (Lipinski definition) is 0. The molecule has 1 saturated heterocycles. The van der Waals surface area contributed by atoms with Crippen LogP contribution >= 0.6 is 0 Å². The van der Waals surface area contributed by atoms with Gasteiger partial charge >= 0.3 is 0 Å². The maximum absolute atomic E-state index is 13.5. The van der Waals surface area contributed by atoms with E-state index in [1.165, 1.54) is 12.1 Å². The predicted molar refractivity (Wildman–Crippen MR) is 96.7 cm³/mol. The average Bonchev–Trinajstić information content (AvgIpc) is 3.16. The second-order valence-corrected chi connectivity index (χ2v) is 6.35. The number of aromatic nitrogens is 2. The van der Waals surface area contributed by atoms with Crippen LogP contribution in [-0.2, 0) is 11.3 Å². The maximum Gasteiger partial charge on any atom is 0.251 e. The van der Waals surface area contributed by atoms with Crippen molar-refractivity contribution in [3.05, 3.63) is 65.8 Å². The SMILES string of the molecule is COc1ccccc1-c1nnc(CN2CCOC(c3cccc(F)c3)C2)o1. The van der Waals surface area contributed by atoms with Crippen LogP contribution in [-0.4, -0.2) is 41.9 Å². The number of para-hydroxylation sites is 1. The minimum Gasteiger partial charge on any atom is -0.496 e. The number of morpholine rings is 1. The summed E-state index contributed by atoms with van der Waals surface area (Å²) in [6.45, 7) is 2.46. The van der Waals surface area contributed by atoms with Gasteiger partial charge in [-0.3, -0.25) is 4.90 Å². The zero-order valence-corrected chi connectivity index (χ0v) is 15.0. The van der Waals surface area contributed by atoms with Gasteiger partial charge in [-0.2, -0.15) is 0 Å². The maximum atomic E-state index is 13.5. The lowest BCUT2D eigenvalue weighted by Crippen LogP contribution is -2.37. The molecule has 1 unspecified atom stereocenters. The normalized spacial score (nSPS) is 17.8. The monoisotopic (exact) mass is 369 g/mol. The van der Waals surface area contributed by atoms with Crippen LogP contribution in [0.15, 0.2) is 52.9 Å². The van der Waals surface area contributed by atoms with Crippen molar-refractivity contribution in [1.29, 1.82) is 0 Å². The van der Waals surface area contributed by atoms with Gasteiger partial charge in [0.2, 0.25) is 5.89 Å². The molecule has 3 aromatic rings. The van der Waals surface area contributed by atoms with Gasteiger partial charge in [0.1, 0.15) is 11.6 Å². The zero-order valence-electron chi connectivity index (χ0n) is 15.0. The molecule has 1 aliphatic rings. The summed E-state index contributed by atoms with van der Waals surface area (Å²) in [5, 5.41) is 8.30. The van der Waals surface area contributed by atoms with Crippen molar-refractivity contribution in [2.24, 2.45) is 0 Å². The van der Waals surface area contributed by atoms with Crippen molar-refractivity contribution >= 4 is 0 Å². The molecule has 2 heterocycles. The molecule has 7 heteroatoms. The Labute approximate surface area is 156 Å². The standard InChI is InChI=1S/C20H20FN3O3/c1-25-17-8-3-2-7-16(17)20-23-22-19(27-20)13-24-9-10-26-18(12-24)14-5-4-6-15(21)11-14/h2-8,11,18H,9-10,12-13H2,1H3. The molecule has 0 radical (unpaired) electrons. The van der Waals surface area contributed by atoms with Crippen LogP contribution in [0.2, 0.25) is 0 Å². The molecule has 0 aliphatic carbocycles. The van der Waals surface area contributed by atoms with E-state index in [0.29, 0.717) is 37.2 Å². The summed E-state index contributed by atoms with van der Waals surface area (Å²) in [5.41, 5.74) is 1.60. The lowest BCUT2D eigenvalue weighted by atomic mass is 10.1. The van der Waals surface area contributed by atoms with Crippen molar-refractivity contribution in [1.82, 2.24) is 15.1 Å². The molecule has 140 valence electrons. The minimum absolute atomic E-state index is 0.175. The molecule has 1 atom stereocenters. The van der Waals surface area contributed by atoms with Gasteiger partial charge in [-0.1, -0.05) is 24.3 Å². The summed E-state index contributed by atoms with van der Waals surface area (Å²) in [6.07, 6.45) is -0.175. The molecular formula is C20H20FN3O3. The van der Waals surface area contributed by atoms with Gasteiger partial charge in [0.05, 0.1) is 31.9 Å². The number of halogens is 1. The van der Waals surface area contributed by atoms with Gasteiger partial charge in [0, 0.05) is 13.1 Å². The fourth-order valence-electron chi connectivity index (χ4n) is 3.19. The topological polar surface area (TPSA) is 60.6 Å². The van der Waals surface area contributed by atoms with Crippen molar-refractivity contribution in [3.8, 4) is 17.2 Å². The number of rotatable bonds is 5. The summed E-state index contributed by atoms with van der Waals surface area (Å²) in [4.78, 5) is 2.17. The molecule has 1 aromatic heterocycles. The summed E-state index contributed by atoms with van der Waals surface area (Å²) >= 11 is 0. The Morgan fingerprint density at radius 1 is 1.19 bits per heavy atom. The Kier molecular flexibility index (Phi) is 5.13. The highest BCUT2D eigenvalue weighted by atomic mass is 19.1. The first-order chi connectivity index (χ1) is 13.2. The third-order valence-corrected chi connectivity index (χ3v) is 4.53. The fraction of sp³-hybridized carbons (Fsp3) is 0.300. The van der Waals surface area contributed by atoms with Crippen LogP contribution in [0.5, 0.6) is 5.75 Å². The molecule has 4 rings (SSSR count). The molecule has 27 heavy (non-hydrogen) atoms. The molecule has 0 bridgehead atoms. The number of methoxy groups -OCH3 is 1. The van der Waals surface area contributed by atoms with Crippen LogP contribution in [0.1, 0.15) is 17.6 Å². The fourth-order valence-corrected chi connectivity index (χ4v) is 3.19. The van der Waals surface area contributed by atoms with Gasteiger partial charge in [0.15, 0.2) is 0 Å². The minimum atomic E-state index is -0.258. The van der Waals surface area contributed by atoms with E-state index < -0.39 is 0 Å². The summed E-state index contributed by atoms with van der Waals surface area (Å²) in [6, 6.07) is 14.0. The zero-order chi connectivity index (χ0) is 18.6. The highest BCUT2D eigenvalue weighted by Gasteiger charge is 2.24. The van der Waals surface area contributed by atoms with E-state index in [0.717, 1.165) is 17.7 Å². The van der Waals surface area contributed by atoms with E-state index in [4.69, 9.17) is 13.9 Å². The third kappa shape index (κ3) is 3.99. The van der Waals surface area contributed by atoms with Crippen molar-refractivity contribution in [3.63, 3.8) is 0 Å². The number of ether oxygens (including phenoxy) is 2. The van der Waals surface area contributed by atoms with Gasteiger partial charge in [-0.25, -0.2) is 4.39 Å². The van der Waals surface area contributed by atoms with Gasteiger partial charge < -0.3 is 13.9 Å². The first kappa shape index (κ1) is 17.6. The Hall–Kier alpha value is -2.77. The molecular weight excluding hydrogens is 349 g/mol. The van der Waals surface area contributed by atoms with Gasteiger partial charge in [0.25, 0.3) is 5.89 Å². The van der Waals surface area contributed by atoms with E-state index in [1.54, 1.807) is 13.2 Å². The van der Waals surface area contributed by atoms with Crippen LogP contribution in [0, 0.1) is 5.82 Å². The van der Waals surface area contributed by atoms with Crippen molar-refractivity contribution in [2.75, 3.05) is 26.8 Å². The van der Waals surface area contributed by atoms with Crippen molar-refractivity contribution in [2.45, 2.75) is 12.6 Å². The molecule has 1 aliphatic heterocycles. The number of benzene rings is 2. The van der Waals surface area contributed by atoms with Crippen molar-refractivity contribution < 1.29 is 18.3 Å². The quantitative estimate of drug-likeness (QED) is 0.686. The molecule has 0 N–H and O–H groups in total. The summed E-state index contributed by atoms with van der Waals surface area (Å²) in [5.74, 6) is 1.38. The van der Waals surface area contributed by atoms with Crippen LogP contribution in [0.3, 0.4) is 0 Å². The first-order valence-electron chi connectivity index (χ1n) is 8.78. The molecule has 0 spiro atoms. The van der Waals surface area contributed by atoms with Gasteiger partial charge in [-0.05, 0) is 29.8 Å². The lowest BCUT2D eigenvalue weighted by Gasteiger charge is -2.32. The molecule has 2 aromatic carbocycles. The lowest BCUT2D eigenvalue weighted by molar-refractivity contribution is -0.0352. The predicted octanol–water partition coefficient (Wildman–Crippen LogP) is 3.46. The second-order valence-electron chi connectivity index (χ2n) is 6.35. The van der Waals surface area contributed by atoms with E-state index in [1.807, 2.05) is 30.3 Å². The Morgan fingerprint density at radius 2 is 2.07 bits per heavy atom. The molecule has 6 nitrogen and oxygen atoms in total. The Morgan fingerprint density at radius 3 is 2.93 bits per heavy atom. The van der Waals surface area contributed by atoms with E-state index in [9.17, 15) is 4.39 Å². The van der Waals surface area contributed by atoms with Crippen LogP contribution in [0.4, 0.5) is 4.39 Å². The third-order valence-electron chi connectivity index (χ3n) is 4.53. The van der Waals surface area contributed by atoms with E-state index >= 15 is 0 Å². The molecule has 0 amide bonds. The summed E-state index contributed by atoms with van der Waals surface area (Å²) < 4.78 is 30.5. The molecule has 1 fully saturated rings. The second kappa shape index (κ2) is 7.85. The van der Waals surface area contributed by atoms with Gasteiger partial charge in [-0.15, -0.1) is 10.2 Å². The largest absolute Gasteiger partial charge is 0.496 e. The van der Waals surface area contributed by atoms with E-state index in [2.05, 4.69) is 15.1 Å². The first-order valence-corrected chi connectivity index (χ1v) is 8.78. The van der Waals surface area contributed by atoms with Crippen LogP contribution < -0.4 is 4.74 Å². The highest BCUT2D eigenvalue weighted by Crippen LogP contribution is 2.29. The Bertz CT molecular complexity index is 915. The average molecular weight is 369 g/mol. The highest BCUT2D eigenvalue weighted by molar-refractivity contribution is 5.62. The molecule has 0 saturated carbocycles. The van der Waals surface area contributed by atoms with Crippen LogP contribution in [0.25, 0.3) is 11.5 Å². The van der Waals surface area contributed by atoms with E-state index in [-0.39, 0.29) is 11.9 Å². The number of nitrogens with zero attached hydrogens (tertiary/aromatic N) is 3. The number of hydrogen-bond acceptors (Lipinski definition) is 6. The smallest absolute Gasteiger partial charge is 0.251 e. The summed E-state index contributed by atoms with van der Waals surface area (Å²) in [7, 11) is 1.61.